The fraction of sp³-hybridized carbons (Fsp3) is 0.222. The van der Waals surface area contributed by atoms with Crippen molar-refractivity contribution in [2.75, 3.05) is 52.1 Å². The summed E-state index contributed by atoms with van der Waals surface area (Å²) in [6, 6.07) is 17.5. The normalized spacial score (nSPS) is 12.6. The molecule has 30 heavy (non-hydrogen) atoms. The zero-order chi connectivity index (χ0) is 21.7. The van der Waals surface area contributed by atoms with Crippen molar-refractivity contribution in [1.82, 2.24) is 0 Å². The topological polar surface area (TPSA) is 9.49 Å². The first kappa shape index (κ1) is 21.4. The Labute approximate surface area is 181 Å². The predicted molar refractivity (Wildman–Crippen MR) is 132 cm³/mol. The Balaban J connectivity index is 2.00. The largest absolute Gasteiger partial charge is 0.378 e. The maximum atomic E-state index is 2.22. The fourth-order valence-electron chi connectivity index (χ4n) is 3.30. The first-order valence-electron chi connectivity index (χ1n) is 10.2. The fourth-order valence-corrected chi connectivity index (χ4v) is 3.30. The Morgan fingerprint density at radius 2 is 1.10 bits per heavy atom. The van der Waals surface area contributed by atoms with Crippen molar-refractivity contribution in [2.24, 2.45) is 0 Å². The molecule has 2 aromatic rings. The lowest BCUT2D eigenvalue weighted by Crippen LogP contribution is -2.09. The molecule has 0 bridgehead atoms. The van der Waals surface area contributed by atoms with Gasteiger partial charge in [0.25, 0.3) is 0 Å². The van der Waals surface area contributed by atoms with E-state index in [0.717, 1.165) is 0 Å². The van der Waals surface area contributed by atoms with Crippen molar-refractivity contribution in [3.63, 3.8) is 0 Å². The summed E-state index contributed by atoms with van der Waals surface area (Å²) in [5.41, 5.74) is 8.41. The van der Waals surface area contributed by atoms with Gasteiger partial charge in [0, 0.05) is 51.7 Å². The maximum Gasteiger partial charge on any atom is 0.199 e. The highest BCUT2D eigenvalue weighted by atomic mass is 15.1. The highest BCUT2D eigenvalue weighted by Crippen LogP contribution is 2.27. The molecule has 0 radical (unpaired) electrons. The maximum absolute atomic E-state index is 2.22. The second-order valence-corrected chi connectivity index (χ2v) is 8.12. The lowest BCUT2D eigenvalue weighted by atomic mass is 9.96. The van der Waals surface area contributed by atoms with Crippen LogP contribution in [0.1, 0.15) is 11.1 Å². The van der Waals surface area contributed by atoms with Crippen LogP contribution in [0.25, 0.3) is 5.57 Å². The van der Waals surface area contributed by atoms with Gasteiger partial charge in [0.15, 0.2) is 5.71 Å². The number of anilines is 2. The standard InChI is InChI=1S/C27H32N3/c1-28(2)24-14-7-21(8-15-24)9-20-27(22-10-16-25(17-11-22)29(3)4)23-12-18-26(19-13-23)30(5)6/h7-20H,1-6H3/q+1. The molecule has 0 saturated heterocycles. The zero-order valence-corrected chi connectivity index (χ0v) is 18.9. The van der Waals surface area contributed by atoms with Gasteiger partial charge in [0.05, 0.1) is 0 Å². The summed E-state index contributed by atoms with van der Waals surface area (Å²) in [6.45, 7) is 0. The molecular formula is C27H32N3+. The van der Waals surface area contributed by atoms with Crippen LogP contribution >= 0.6 is 0 Å². The van der Waals surface area contributed by atoms with Crippen LogP contribution in [-0.2, 0) is 0 Å². The van der Waals surface area contributed by atoms with Gasteiger partial charge in [0.1, 0.15) is 14.1 Å². The molecule has 1 aliphatic rings. The minimum atomic E-state index is 1.19. The average Bonchev–Trinajstić information content (AvgIpc) is 2.75. The molecule has 0 amide bonds. The molecule has 0 spiro atoms. The molecule has 0 N–H and O–H groups in total. The van der Waals surface area contributed by atoms with E-state index in [4.69, 9.17) is 0 Å². The number of hydrogen-bond acceptors (Lipinski definition) is 2. The minimum absolute atomic E-state index is 1.19. The van der Waals surface area contributed by atoms with E-state index in [2.05, 4.69) is 142 Å². The Morgan fingerprint density at radius 3 is 1.47 bits per heavy atom. The molecule has 154 valence electrons. The number of benzene rings is 2. The summed E-state index contributed by atoms with van der Waals surface area (Å²) in [5, 5.41) is 0. The van der Waals surface area contributed by atoms with Crippen LogP contribution in [-0.4, -0.2) is 52.6 Å². The molecule has 3 rings (SSSR count). The lowest BCUT2D eigenvalue weighted by molar-refractivity contribution is -0.462. The third-order valence-electron chi connectivity index (χ3n) is 5.24. The van der Waals surface area contributed by atoms with Gasteiger partial charge < -0.3 is 9.80 Å². The Bertz CT molecular complexity index is 953. The van der Waals surface area contributed by atoms with Crippen LogP contribution in [0.15, 0.2) is 90.6 Å². The van der Waals surface area contributed by atoms with E-state index in [1.807, 2.05) is 0 Å². The molecule has 3 nitrogen and oxygen atoms in total. The van der Waals surface area contributed by atoms with Crippen LogP contribution in [0.5, 0.6) is 0 Å². The molecule has 0 atom stereocenters. The Hall–Kier alpha value is -3.33. The quantitative estimate of drug-likeness (QED) is 0.655. The van der Waals surface area contributed by atoms with E-state index in [1.165, 1.54) is 39.4 Å². The Morgan fingerprint density at radius 1 is 0.667 bits per heavy atom. The van der Waals surface area contributed by atoms with E-state index in [0.29, 0.717) is 0 Å². The summed E-state index contributed by atoms with van der Waals surface area (Å²) in [7, 11) is 12.4. The summed E-state index contributed by atoms with van der Waals surface area (Å²) in [5.74, 6) is 0. The van der Waals surface area contributed by atoms with Gasteiger partial charge in [-0.25, -0.2) is 4.58 Å². The molecule has 2 aromatic carbocycles. The number of rotatable bonds is 5. The summed E-state index contributed by atoms with van der Waals surface area (Å²) in [6.07, 6.45) is 13.0. The van der Waals surface area contributed by atoms with Crippen molar-refractivity contribution in [2.45, 2.75) is 0 Å². The van der Waals surface area contributed by atoms with Gasteiger partial charge in [-0.05, 0) is 58.7 Å². The molecule has 3 heteroatoms. The zero-order valence-electron chi connectivity index (χ0n) is 18.9. The van der Waals surface area contributed by atoms with Crippen molar-refractivity contribution in [3.05, 3.63) is 102 Å². The second-order valence-electron chi connectivity index (χ2n) is 8.12. The van der Waals surface area contributed by atoms with Gasteiger partial charge in [0.2, 0.25) is 0 Å². The molecule has 0 fully saturated rings. The lowest BCUT2D eigenvalue weighted by Gasteiger charge is -2.16. The van der Waals surface area contributed by atoms with E-state index < -0.39 is 0 Å². The third kappa shape index (κ3) is 5.18. The van der Waals surface area contributed by atoms with Gasteiger partial charge >= 0.3 is 0 Å². The molecule has 0 heterocycles. The van der Waals surface area contributed by atoms with Gasteiger partial charge in [-0.3, -0.25) is 0 Å². The summed E-state index contributed by atoms with van der Waals surface area (Å²) in [4.78, 5) is 4.24. The number of hydrogen-bond donors (Lipinski definition) is 0. The van der Waals surface area contributed by atoms with Crippen molar-refractivity contribution in [1.29, 1.82) is 0 Å². The van der Waals surface area contributed by atoms with Crippen LogP contribution in [0, 0.1) is 0 Å². The first-order valence-corrected chi connectivity index (χ1v) is 10.2. The highest BCUT2D eigenvalue weighted by molar-refractivity contribution is 6.02. The molecule has 0 saturated carbocycles. The van der Waals surface area contributed by atoms with Crippen LogP contribution < -0.4 is 9.80 Å². The van der Waals surface area contributed by atoms with Gasteiger partial charge in [-0.2, -0.15) is 0 Å². The second kappa shape index (κ2) is 9.45. The van der Waals surface area contributed by atoms with E-state index in [9.17, 15) is 0 Å². The predicted octanol–water partition coefficient (Wildman–Crippen LogP) is 5.02. The Kier molecular flexibility index (Phi) is 6.73. The molecule has 0 aliphatic heterocycles. The molecule has 0 unspecified atom stereocenters. The first-order chi connectivity index (χ1) is 14.3. The molecule has 1 aliphatic carbocycles. The van der Waals surface area contributed by atoms with Gasteiger partial charge in [-0.1, -0.05) is 36.4 Å². The monoisotopic (exact) mass is 398 g/mol. The van der Waals surface area contributed by atoms with Crippen molar-refractivity contribution >= 4 is 22.7 Å². The molecule has 0 aromatic heterocycles. The minimum Gasteiger partial charge on any atom is -0.378 e. The van der Waals surface area contributed by atoms with Crippen molar-refractivity contribution < 1.29 is 4.58 Å². The third-order valence-corrected chi connectivity index (χ3v) is 5.24. The van der Waals surface area contributed by atoms with Crippen LogP contribution in [0.4, 0.5) is 11.4 Å². The smallest absolute Gasteiger partial charge is 0.199 e. The highest BCUT2D eigenvalue weighted by Gasteiger charge is 2.08. The van der Waals surface area contributed by atoms with E-state index in [-0.39, 0.29) is 0 Å². The average molecular weight is 399 g/mol. The van der Waals surface area contributed by atoms with E-state index >= 15 is 0 Å². The van der Waals surface area contributed by atoms with E-state index in [1.54, 1.807) is 0 Å². The number of nitrogens with zero attached hydrogens (tertiary/aromatic N) is 3. The number of allylic oxidation sites excluding steroid dienone is 7. The van der Waals surface area contributed by atoms with Crippen LogP contribution in [0.2, 0.25) is 0 Å². The van der Waals surface area contributed by atoms with Crippen LogP contribution in [0.3, 0.4) is 0 Å². The summed E-state index contributed by atoms with van der Waals surface area (Å²) >= 11 is 0. The van der Waals surface area contributed by atoms with Gasteiger partial charge in [-0.15, -0.1) is 0 Å². The SMILES string of the molecule is CN(C)c1ccc(C(=CC=C2C=CC(=[N+](C)C)C=C2)c2ccc(N(C)C)cc2)cc1. The van der Waals surface area contributed by atoms with Crippen molar-refractivity contribution in [3.8, 4) is 0 Å². The molecular weight excluding hydrogens is 366 g/mol. The summed E-state index contributed by atoms with van der Waals surface area (Å²) < 4.78 is 2.11.